The van der Waals surface area contributed by atoms with Gasteiger partial charge in [0, 0.05) is 6.42 Å². The molecular weight excluding hydrogens is 376 g/mol. The number of rotatable bonds is 6. The van der Waals surface area contributed by atoms with Crippen LogP contribution >= 0.6 is 0 Å². The molecule has 4 nitrogen and oxygen atoms in total. The summed E-state index contributed by atoms with van der Waals surface area (Å²) in [4.78, 5) is 22.9. The lowest BCUT2D eigenvalue weighted by atomic mass is 9.47. The van der Waals surface area contributed by atoms with Crippen molar-refractivity contribution >= 4 is 11.9 Å². The van der Waals surface area contributed by atoms with E-state index in [0.717, 1.165) is 50.5 Å². The fraction of sp³-hybridized carbons (Fsp3) is 0.692. The van der Waals surface area contributed by atoms with Crippen LogP contribution in [0.25, 0.3) is 0 Å². The van der Waals surface area contributed by atoms with Gasteiger partial charge in [-0.15, -0.1) is 6.58 Å². The van der Waals surface area contributed by atoms with Crippen molar-refractivity contribution in [2.75, 3.05) is 0 Å². The topological polar surface area (TPSA) is 74.6 Å². The van der Waals surface area contributed by atoms with Crippen LogP contribution in [0.5, 0.6) is 0 Å². The largest absolute Gasteiger partial charge is 0.481 e. The van der Waals surface area contributed by atoms with E-state index in [4.69, 9.17) is 0 Å². The Kier molecular flexibility index (Phi) is 5.48. The highest BCUT2D eigenvalue weighted by Crippen LogP contribution is 2.67. The second-order valence-electron chi connectivity index (χ2n) is 10.8. The van der Waals surface area contributed by atoms with Crippen LogP contribution in [0.2, 0.25) is 0 Å². The molecule has 2 N–H and O–H groups in total. The fourth-order valence-corrected chi connectivity index (χ4v) is 8.03. The second-order valence-corrected chi connectivity index (χ2v) is 10.8. The van der Waals surface area contributed by atoms with E-state index in [2.05, 4.69) is 32.6 Å². The molecule has 0 radical (unpaired) electrons. The van der Waals surface area contributed by atoms with E-state index in [9.17, 15) is 19.8 Å². The Hall–Kier alpha value is -1.84. The normalized spacial score (nSPS) is 42.3. The van der Waals surface area contributed by atoms with E-state index in [0.29, 0.717) is 30.1 Å². The minimum atomic E-state index is -0.753. The molecule has 0 aliphatic heterocycles. The Morgan fingerprint density at radius 3 is 2.60 bits per heavy atom. The minimum absolute atomic E-state index is 0.0881. The van der Waals surface area contributed by atoms with Gasteiger partial charge in [0.05, 0.1) is 6.42 Å². The average Bonchev–Trinajstić information content (AvgIpc) is 2.98. The SMILES string of the molecule is C=CCC1C[C@@]2(C)C(=CC[C@@H]3[C@@H]2CC[C@]2(C)C(CC(=O)O)CC[C@@H]32)C=C1CC(=O)O. The summed E-state index contributed by atoms with van der Waals surface area (Å²) in [7, 11) is 0. The Balaban J connectivity index is 1.65. The van der Waals surface area contributed by atoms with Gasteiger partial charge in [-0.25, -0.2) is 0 Å². The van der Waals surface area contributed by atoms with Crippen LogP contribution in [0.15, 0.2) is 36.0 Å². The summed E-state index contributed by atoms with van der Waals surface area (Å²) >= 11 is 0. The first-order chi connectivity index (χ1) is 14.2. The first kappa shape index (κ1) is 21.4. The maximum atomic E-state index is 11.4. The van der Waals surface area contributed by atoms with Gasteiger partial charge in [-0.3, -0.25) is 9.59 Å². The van der Waals surface area contributed by atoms with Crippen LogP contribution in [0.3, 0.4) is 0 Å². The predicted octanol–water partition coefficient (Wildman–Crippen LogP) is 5.85. The van der Waals surface area contributed by atoms with Gasteiger partial charge in [0.2, 0.25) is 0 Å². The number of aliphatic carboxylic acids is 2. The van der Waals surface area contributed by atoms with E-state index >= 15 is 0 Å². The molecule has 7 atom stereocenters. The first-order valence-electron chi connectivity index (χ1n) is 11.6. The van der Waals surface area contributed by atoms with Gasteiger partial charge in [-0.05, 0) is 90.9 Å². The lowest BCUT2D eigenvalue weighted by Gasteiger charge is -2.58. The van der Waals surface area contributed by atoms with Crippen LogP contribution < -0.4 is 0 Å². The van der Waals surface area contributed by atoms with Gasteiger partial charge in [0.1, 0.15) is 0 Å². The molecule has 164 valence electrons. The molecule has 4 aliphatic carbocycles. The maximum Gasteiger partial charge on any atom is 0.307 e. The van der Waals surface area contributed by atoms with Gasteiger partial charge in [-0.1, -0.05) is 37.6 Å². The number of allylic oxidation sites excluding steroid dienone is 4. The fourth-order valence-electron chi connectivity index (χ4n) is 8.03. The van der Waals surface area contributed by atoms with Crippen molar-refractivity contribution in [3.05, 3.63) is 36.0 Å². The molecule has 4 heteroatoms. The zero-order valence-corrected chi connectivity index (χ0v) is 18.4. The van der Waals surface area contributed by atoms with Crippen LogP contribution in [0.1, 0.15) is 71.6 Å². The zero-order valence-electron chi connectivity index (χ0n) is 18.4. The van der Waals surface area contributed by atoms with E-state index in [1.54, 1.807) is 0 Å². The van der Waals surface area contributed by atoms with Crippen molar-refractivity contribution in [2.24, 2.45) is 40.4 Å². The summed E-state index contributed by atoms with van der Waals surface area (Å²) in [6.45, 7) is 8.70. The molecule has 0 aromatic heterocycles. The lowest BCUT2D eigenvalue weighted by Crippen LogP contribution is -2.50. The molecule has 2 unspecified atom stereocenters. The molecule has 0 bridgehead atoms. The van der Waals surface area contributed by atoms with Gasteiger partial charge >= 0.3 is 11.9 Å². The minimum Gasteiger partial charge on any atom is -0.481 e. The van der Waals surface area contributed by atoms with Crippen LogP contribution in [-0.4, -0.2) is 22.2 Å². The van der Waals surface area contributed by atoms with Crippen LogP contribution in [0, 0.1) is 40.4 Å². The molecule has 2 saturated carbocycles. The van der Waals surface area contributed by atoms with Gasteiger partial charge < -0.3 is 10.2 Å². The molecule has 0 heterocycles. The Bertz CT molecular complexity index is 808. The zero-order chi connectivity index (χ0) is 21.7. The van der Waals surface area contributed by atoms with Gasteiger partial charge in [0.15, 0.2) is 0 Å². The van der Waals surface area contributed by atoms with E-state index in [1.165, 1.54) is 5.57 Å². The smallest absolute Gasteiger partial charge is 0.307 e. The lowest BCUT2D eigenvalue weighted by molar-refractivity contribution is -0.140. The molecule has 4 aliphatic rings. The van der Waals surface area contributed by atoms with Crippen molar-refractivity contribution in [1.82, 2.24) is 0 Å². The monoisotopic (exact) mass is 412 g/mol. The third-order valence-corrected chi connectivity index (χ3v) is 9.48. The highest BCUT2D eigenvalue weighted by molar-refractivity contribution is 5.70. The molecule has 0 saturated heterocycles. The summed E-state index contributed by atoms with van der Waals surface area (Å²) in [6.07, 6.45) is 14.3. The Morgan fingerprint density at radius 1 is 1.17 bits per heavy atom. The first-order valence-corrected chi connectivity index (χ1v) is 11.6. The average molecular weight is 413 g/mol. The number of fused-ring (bicyclic) bond motifs is 5. The maximum absolute atomic E-state index is 11.4. The van der Waals surface area contributed by atoms with Crippen molar-refractivity contribution in [1.29, 1.82) is 0 Å². The molecular formula is C26H36O4. The van der Waals surface area contributed by atoms with Gasteiger partial charge in [0.25, 0.3) is 0 Å². The van der Waals surface area contributed by atoms with E-state index < -0.39 is 11.9 Å². The number of carboxylic acid groups (broad SMARTS) is 2. The third kappa shape index (κ3) is 3.36. The third-order valence-electron chi connectivity index (χ3n) is 9.48. The highest BCUT2D eigenvalue weighted by atomic mass is 16.4. The van der Waals surface area contributed by atoms with Crippen molar-refractivity contribution in [3.8, 4) is 0 Å². The summed E-state index contributed by atoms with van der Waals surface area (Å²) < 4.78 is 0. The predicted molar refractivity (Wildman–Crippen MR) is 117 cm³/mol. The number of hydrogen-bond donors (Lipinski definition) is 2. The van der Waals surface area contributed by atoms with Crippen LogP contribution in [-0.2, 0) is 9.59 Å². The molecule has 30 heavy (non-hydrogen) atoms. The summed E-state index contributed by atoms with van der Waals surface area (Å²) in [5.74, 6) is 0.994. The molecule has 0 aromatic rings. The summed E-state index contributed by atoms with van der Waals surface area (Å²) in [5, 5.41) is 18.8. The van der Waals surface area contributed by atoms with E-state index in [1.807, 2.05) is 6.08 Å². The number of carboxylic acids is 2. The van der Waals surface area contributed by atoms with Gasteiger partial charge in [-0.2, -0.15) is 0 Å². The van der Waals surface area contributed by atoms with Crippen LogP contribution in [0.4, 0.5) is 0 Å². The van der Waals surface area contributed by atoms with Crippen molar-refractivity contribution < 1.29 is 19.8 Å². The second kappa shape index (κ2) is 7.69. The Morgan fingerprint density at radius 2 is 1.93 bits per heavy atom. The standard InChI is InChI=1S/C26H36O4/c1-4-5-16-15-26(3)18(12-17(16)13-23(27)28)6-8-20-21-9-7-19(14-24(29)30)25(21,2)11-10-22(20)26/h4,6,12,16,19-22H,1,5,7-11,13-15H2,2-3H3,(H,27,28)(H,29,30)/t16?,19?,20-,21-,22-,25+,26-/m0/s1. The van der Waals surface area contributed by atoms with E-state index in [-0.39, 0.29) is 23.2 Å². The molecule has 0 aromatic carbocycles. The Labute approximate surface area is 180 Å². The number of hydrogen-bond acceptors (Lipinski definition) is 2. The quantitative estimate of drug-likeness (QED) is 0.536. The summed E-state index contributed by atoms with van der Waals surface area (Å²) in [6, 6.07) is 0. The highest BCUT2D eigenvalue weighted by Gasteiger charge is 2.58. The molecule has 2 fully saturated rings. The molecule has 0 amide bonds. The number of carbonyl (C=O) groups is 2. The molecule has 0 spiro atoms. The molecule has 4 rings (SSSR count). The van der Waals surface area contributed by atoms with Crippen molar-refractivity contribution in [2.45, 2.75) is 71.6 Å². The summed E-state index contributed by atoms with van der Waals surface area (Å²) in [5.41, 5.74) is 2.64. The van der Waals surface area contributed by atoms with Crippen molar-refractivity contribution in [3.63, 3.8) is 0 Å².